The molecule has 4 nitrogen and oxygen atoms in total. The smallest absolute Gasteiger partial charge is 0.323 e. The molecule has 2 heterocycles. The second kappa shape index (κ2) is 6.02. The minimum atomic E-state index is -0.406. The first-order valence-electron chi connectivity index (χ1n) is 7.97. The van der Waals surface area contributed by atoms with Crippen LogP contribution in [0.3, 0.4) is 0 Å². The molecule has 116 valence electrons. The zero-order valence-electron chi connectivity index (χ0n) is 13.6. The molecule has 0 aliphatic carbocycles. The molecular weight excluding hydrogens is 252 g/mol. The van der Waals surface area contributed by atoms with Gasteiger partial charge in [-0.05, 0) is 60.4 Å². The van der Waals surface area contributed by atoms with E-state index in [2.05, 4.69) is 17.3 Å². The Morgan fingerprint density at radius 1 is 1.25 bits per heavy atom. The third-order valence-corrected chi connectivity index (χ3v) is 4.59. The average molecular weight is 282 g/mol. The van der Waals surface area contributed by atoms with E-state index in [0.29, 0.717) is 18.1 Å². The van der Waals surface area contributed by atoms with Gasteiger partial charge in [-0.3, -0.25) is 4.79 Å². The Hall–Kier alpha value is -0.610. The molecule has 0 amide bonds. The lowest BCUT2D eigenvalue weighted by Gasteiger charge is -2.47. The number of fused-ring (bicyclic) bond motifs is 2. The van der Waals surface area contributed by atoms with Gasteiger partial charge in [-0.15, -0.1) is 0 Å². The van der Waals surface area contributed by atoms with Crippen molar-refractivity contribution in [1.82, 2.24) is 10.2 Å². The summed E-state index contributed by atoms with van der Waals surface area (Å²) >= 11 is 0. The molecule has 2 fully saturated rings. The Bertz CT molecular complexity index is 337. The molecule has 0 radical (unpaired) electrons. The fraction of sp³-hybridized carbons (Fsp3) is 0.938. The van der Waals surface area contributed by atoms with Gasteiger partial charge < -0.3 is 15.0 Å². The maximum absolute atomic E-state index is 12.0. The summed E-state index contributed by atoms with van der Waals surface area (Å²) < 4.78 is 5.44. The molecule has 2 aliphatic rings. The highest BCUT2D eigenvalue weighted by Gasteiger charge is 2.37. The molecule has 0 saturated carbocycles. The Morgan fingerprint density at radius 2 is 1.80 bits per heavy atom. The van der Waals surface area contributed by atoms with Crippen molar-refractivity contribution < 1.29 is 9.53 Å². The van der Waals surface area contributed by atoms with Crippen LogP contribution in [0.4, 0.5) is 0 Å². The number of hydrogen-bond donors (Lipinski definition) is 1. The minimum absolute atomic E-state index is 0.137. The third kappa shape index (κ3) is 3.95. The van der Waals surface area contributed by atoms with Crippen molar-refractivity contribution in [3.05, 3.63) is 0 Å². The van der Waals surface area contributed by atoms with Crippen LogP contribution in [-0.4, -0.2) is 47.7 Å². The van der Waals surface area contributed by atoms with Crippen molar-refractivity contribution in [2.45, 2.75) is 89.6 Å². The van der Waals surface area contributed by atoms with E-state index < -0.39 is 5.60 Å². The zero-order chi connectivity index (χ0) is 14.9. The van der Waals surface area contributed by atoms with Crippen molar-refractivity contribution in [1.29, 1.82) is 0 Å². The number of carbonyl (C=O) groups excluding carboxylic acids is 1. The third-order valence-electron chi connectivity index (χ3n) is 4.59. The van der Waals surface area contributed by atoms with Crippen molar-refractivity contribution in [2.75, 3.05) is 7.05 Å². The van der Waals surface area contributed by atoms with Gasteiger partial charge in [-0.1, -0.05) is 6.42 Å². The predicted molar refractivity (Wildman–Crippen MR) is 80.7 cm³/mol. The van der Waals surface area contributed by atoms with E-state index in [9.17, 15) is 4.79 Å². The predicted octanol–water partition coefficient (Wildman–Crippen LogP) is 2.32. The number of carbonyl (C=O) groups is 1. The Kier molecular flexibility index (Phi) is 4.75. The number of piperidine rings is 2. The number of rotatable bonds is 3. The summed E-state index contributed by atoms with van der Waals surface area (Å²) in [6.45, 7) is 7.66. The number of ether oxygens (including phenoxy) is 1. The summed E-state index contributed by atoms with van der Waals surface area (Å²) in [5.41, 5.74) is -0.406. The number of hydrogen-bond acceptors (Lipinski definition) is 4. The summed E-state index contributed by atoms with van der Waals surface area (Å²) in [6, 6.07) is 1.60. The van der Waals surface area contributed by atoms with Crippen LogP contribution in [-0.2, 0) is 9.53 Å². The van der Waals surface area contributed by atoms with Gasteiger partial charge in [0.15, 0.2) is 0 Å². The van der Waals surface area contributed by atoms with Crippen LogP contribution in [0.5, 0.6) is 0 Å². The van der Waals surface area contributed by atoms with Gasteiger partial charge in [0.1, 0.15) is 11.6 Å². The lowest BCUT2D eigenvalue weighted by Crippen LogP contribution is -2.56. The van der Waals surface area contributed by atoms with E-state index in [1.165, 1.54) is 19.3 Å². The number of nitrogens with one attached hydrogen (secondary N) is 1. The van der Waals surface area contributed by atoms with Crippen molar-refractivity contribution in [2.24, 2.45) is 0 Å². The highest BCUT2D eigenvalue weighted by molar-refractivity contribution is 5.75. The normalized spacial score (nSPS) is 32.8. The van der Waals surface area contributed by atoms with E-state index in [1.54, 1.807) is 0 Å². The molecule has 2 aliphatic heterocycles. The van der Waals surface area contributed by atoms with Gasteiger partial charge >= 0.3 is 5.97 Å². The van der Waals surface area contributed by atoms with E-state index in [0.717, 1.165) is 12.8 Å². The van der Waals surface area contributed by atoms with Gasteiger partial charge in [0, 0.05) is 18.1 Å². The van der Waals surface area contributed by atoms with Crippen LogP contribution < -0.4 is 5.32 Å². The molecule has 2 bridgehead atoms. The molecule has 0 aromatic heterocycles. The molecule has 0 spiro atoms. The molecule has 20 heavy (non-hydrogen) atoms. The molecule has 2 rings (SSSR count). The fourth-order valence-corrected chi connectivity index (χ4v) is 3.56. The van der Waals surface area contributed by atoms with Crippen LogP contribution in [0, 0.1) is 0 Å². The number of esters is 1. The van der Waals surface area contributed by atoms with Crippen molar-refractivity contribution in [3.8, 4) is 0 Å². The highest BCUT2D eigenvalue weighted by atomic mass is 16.6. The van der Waals surface area contributed by atoms with Crippen molar-refractivity contribution in [3.63, 3.8) is 0 Å². The fourth-order valence-electron chi connectivity index (χ4n) is 3.56. The standard InChI is InChI=1S/C16H30N2O2/c1-11(15(19)20-16(2,3)4)17-12-9-13-7-6-8-14(10-12)18(13)5/h11-14,17H,6-10H2,1-5H3. The molecule has 1 N–H and O–H groups in total. The van der Waals surface area contributed by atoms with E-state index in [4.69, 9.17) is 4.74 Å². The monoisotopic (exact) mass is 282 g/mol. The van der Waals surface area contributed by atoms with Gasteiger partial charge in [0.2, 0.25) is 0 Å². The van der Waals surface area contributed by atoms with Crippen LogP contribution in [0.15, 0.2) is 0 Å². The quantitative estimate of drug-likeness (QED) is 0.807. The summed E-state index contributed by atoms with van der Waals surface area (Å²) in [6.07, 6.45) is 6.26. The van der Waals surface area contributed by atoms with E-state index >= 15 is 0 Å². The van der Waals surface area contributed by atoms with Gasteiger partial charge in [-0.2, -0.15) is 0 Å². The second-order valence-electron chi connectivity index (χ2n) is 7.49. The molecule has 0 aromatic carbocycles. The topological polar surface area (TPSA) is 41.6 Å². The number of nitrogens with zero attached hydrogens (tertiary/aromatic N) is 1. The minimum Gasteiger partial charge on any atom is -0.459 e. The van der Waals surface area contributed by atoms with Crippen LogP contribution >= 0.6 is 0 Å². The van der Waals surface area contributed by atoms with E-state index in [1.807, 2.05) is 27.7 Å². The summed E-state index contributed by atoms with van der Waals surface area (Å²) in [7, 11) is 2.25. The van der Waals surface area contributed by atoms with Crippen LogP contribution in [0.25, 0.3) is 0 Å². The first kappa shape index (κ1) is 15.8. The SMILES string of the molecule is CC(NC1CC2CCCC(C1)N2C)C(=O)OC(C)(C)C. The Morgan fingerprint density at radius 3 is 2.30 bits per heavy atom. The van der Waals surface area contributed by atoms with E-state index in [-0.39, 0.29) is 12.0 Å². The molecule has 2 saturated heterocycles. The highest BCUT2D eigenvalue weighted by Crippen LogP contribution is 2.32. The van der Waals surface area contributed by atoms with Crippen LogP contribution in [0.1, 0.15) is 59.8 Å². The Balaban J connectivity index is 1.86. The summed E-state index contributed by atoms with van der Waals surface area (Å²) in [5.74, 6) is -0.137. The van der Waals surface area contributed by atoms with Crippen LogP contribution in [0.2, 0.25) is 0 Å². The molecular formula is C16H30N2O2. The molecule has 0 aromatic rings. The Labute approximate surface area is 123 Å². The zero-order valence-corrected chi connectivity index (χ0v) is 13.6. The van der Waals surface area contributed by atoms with Crippen molar-refractivity contribution >= 4 is 5.97 Å². The largest absolute Gasteiger partial charge is 0.459 e. The first-order chi connectivity index (χ1) is 9.26. The van der Waals surface area contributed by atoms with Gasteiger partial charge in [-0.25, -0.2) is 0 Å². The van der Waals surface area contributed by atoms with Gasteiger partial charge in [0.25, 0.3) is 0 Å². The lowest BCUT2D eigenvalue weighted by molar-refractivity contribution is -0.157. The second-order valence-corrected chi connectivity index (χ2v) is 7.49. The first-order valence-corrected chi connectivity index (χ1v) is 7.97. The summed E-state index contributed by atoms with van der Waals surface area (Å²) in [4.78, 5) is 14.6. The van der Waals surface area contributed by atoms with Gasteiger partial charge in [0.05, 0.1) is 0 Å². The summed E-state index contributed by atoms with van der Waals surface area (Å²) in [5, 5.41) is 3.49. The average Bonchev–Trinajstić information content (AvgIpc) is 2.28. The maximum atomic E-state index is 12.0. The molecule has 3 atom stereocenters. The molecule has 4 heteroatoms. The lowest BCUT2D eigenvalue weighted by atomic mass is 9.82. The maximum Gasteiger partial charge on any atom is 0.323 e. The molecule has 3 unspecified atom stereocenters.